The van der Waals surface area contributed by atoms with Crippen LogP contribution in [0.4, 0.5) is 0 Å². The molecule has 1 amide bonds. The first-order chi connectivity index (χ1) is 12.0. The van der Waals surface area contributed by atoms with Gasteiger partial charge in [-0.1, -0.05) is 35.9 Å². The highest BCUT2D eigenvalue weighted by molar-refractivity contribution is 7.99. The molecule has 0 aromatic heterocycles. The predicted molar refractivity (Wildman–Crippen MR) is 94.6 cm³/mol. The van der Waals surface area contributed by atoms with Crippen molar-refractivity contribution in [3.63, 3.8) is 0 Å². The van der Waals surface area contributed by atoms with Crippen LogP contribution in [0.5, 0.6) is 5.75 Å². The third kappa shape index (κ3) is 3.45. The number of aliphatic carboxylic acids is 1. The van der Waals surface area contributed by atoms with Gasteiger partial charge in [0, 0.05) is 21.9 Å². The van der Waals surface area contributed by atoms with Crippen LogP contribution in [0.3, 0.4) is 0 Å². The second kappa shape index (κ2) is 7.37. The standard InChI is InChI=1S/C18H16ClNO4S/c1-24-12-6-4-5-11(9-12)16(21)20-15(18(22)23)10-25-17(20)13-7-2-3-8-14(13)19/h2-9,15,17H,10H2,1H3,(H,22,23)/p-1. The fourth-order valence-electron chi connectivity index (χ4n) is 2.76. The molecule has 1 heterocycles. The van der Waals surface area contributed by atoms with E-state index in [-0.39, 0.29) is 5.75 Å². The largest absolute Gasteiger partial charge is 0.548 e. The van der Waals surface area contributed by atoms with Crippen molar-refractivity contribution in [1.29, 1.82) is 0 Å². The zero-order valence-corrected chi connectivity index (χ0v) is 14.9. The highest BCUT2D eigenvalue weighted by atomic mass is 35.5. The molecule has 0 N–H and O–H groups in total. The summed E-state index contributed by atoms with van der Waals surface area (Å²) >= 11 is 7.62. The molecule has 2 unspecified atom stereocenters. The number of carboxylic acids is 1. The number of carboxylic acid groups (broad SMARTS) is 1. The normalized spacial score (nSPS) is 19.7. The Hall–Kier alpha value is -2.18. The van der Waals surface area contributed by atoms with Crippen LogP contribution in [0.1, 0.15) is 21.3 Å². The van der Waals surface area contributed by atoms with Crippen molar-refractivity contribution in [1.82, 2.24) is 4.90 Å². The van der Waals surface area contributed by atoms with Crippen LogP contribution in [-0.4, -0.2) is 35.7 Å². The second-order valence-electron chi connectivity index (χ2n) is 5.49. The molecule has 0 saturated carbocycles. The van der Waals surface area contributed by atoms with E-state index in [1.165, 1.54) is 23.8 Å². The number of amides is 1. The molecule has 2 atom stereocenters. The average Bonchev–Trinajstić information content (AvgIpc) is 3.06. The van der Waals surface area contributed by atoms with Gasteiger partial charge < -0.3 is 19.5 Å². The summed E-state index contributed by atoms with van der Waals surface area (Å²) < 4.78 is 5.15. The molecule has 0 radical (unpaired) electrons. The number of halogens is 1. The van der Waals surface area contributed by atoms with Crippen molar-refractivity contribution in [3.05, 3.63) is 64.7 Å². The molecule has 0 bridgehead atoms. The molecule has 2 aromatic rings. The third-order valence-electron chi connectivity index (χ3n) is 3.99. The monoisotopic (exact) mass is 376 g/mol. The van der Waals surface area contributed by atoms with E-state index in [0.717, 1.165) is 0 Å². The van der Waals surface area contributed by atoms with Crippen LogP contribution in [0, 0.1) is 0 Å². The Kier molecular flexibility index (Phi) is 5.20. The van der Waals surface area contributed by atoms with Gasteiger partial charge in [-0.25, -0.2) is 0 Å². The molecule has 1 saturated heterocycles. The van der Waals surface area contributed by atoms with Gasteiger partial charge in [-0.2, -0.15) is 0 Å². The Morgan fingerprint density at radius 1 is 1.24 bits per heavy atom. The molecule has 7 heteroatoms. The molecular formula is C18H15ClNO4S-. The summed E-state index contributed by atoms with van der Waals surface area (Å²) in [5.74, 6) is -0.910. The van der Waals surface area contributed by atoms with Gasteiger partial charge in [-0.05, 0) is 24.3 Å². The van der Waals surface area contributed by atoms with E-state index in [1.54, 1.807) is 42.5 Å². The minimum atomic E-state index is -1.28. The number of ether oxygens (including phenoxy) is 1. The topological polar surface area (TPSA) is 69.7 Å². The van der Waals surface area contributed by atoms with Crippen LogP contribution in [0.25, 0.3) is 0 Å². The molecule has 0 aliphatic carbocycles. The van der Waals surface area contributed by atoms with Crippen molar-refractivity contribution in [3.8, 4) is 5.75 Å². The smallest absolute Gasteiger partial charge is 0.255 e. The van der Waals surface area contributed by atoms with E-state index in [0.29, 0.717) is 21.9 Å². The Morgan fingerprint density at radius 2 is 2.00 bits per heavy atom. The first-order valence-electron chi connectivity index (χ1n) is 7.56. The van der Waals surface area contributed by atoms with E-state index in [2.05, 4.69) is 0 Å². The summed E-state index contributed by atoms with van der Waals surface area (Å²) in [5, 5.41) is 11.6. The average molecular weight is 377 g/mol. The van der Waals surface area contributed by atoms with E-state index in [4.69, 9.17) is 16.3 Å². The number of rotatable bonds is 4. The van der Waals surface area contributed by atoms with Gasteiger partial charge in [0.1, 0.15) is 11.1 Å². The van der Waals surface area contributed by atoms with Gasteiger partial charge in [0.05, 0.1) is 19.1 Å². The summed E-state index contributed by atoms with van der Waals surface area (Å²) in [6.45, 7) is 0. The Labute approximate surface area is 154 Å². The van der Waals surface area contributed by atoms with Gasteiger partial charge in [0.15, 0.2) is 0 Å². The summed E-state index contributed by atoms with van der Waals surface area (Å²) in [6.07, 6.45) is 0. The lowest BCUT2D eigenvalue weighted by atomic mass is 10.1. The maximum absolute atomic E-state index is 13.0. The first kappa shape index (κ1) is 17.6. The number of carbonyl (C=O) groups excluding carboxylic acids is 2. The molecule has 1 aliphatic rings. The van der Waals surface area contributed by atoms with E-state index in [9.17, 15) is 14.7 Å². The molecule has 25 heavy (non-hydrogen) atoms. The third-order valence-corrected chi connectivity index (χ3v) is 5.64. The molecular weight excluding hydrogens is 362 g/mol. The summed E-state index contributed by atoms with van der Waals surface area (Å²) in [6, 6.07) is 12.7. The van der Waals surface area contributed by atoms with Crippen LogP contribution in [0.2, 0.25) is 5.02 Å². The van der Waals surface area contributed by atoms with E-state index < -0.39 is 23.3 Å². The van der Waals surface area contributed by atoms with Gasteiger partial charge in [0.25, 0.3) is 5.91 Å². The Bertz CT molecular complexity index is 813. The molecule has 5 nitrogen and oxygen atoms in total. The van der Waals surface area contributed by atoms with Crippen molar-refractivity contribution in [2.24, 2.45) is 0 Å². The zero-order chi connectivity index (χ0) is 18.0. The van der Waals surface area contributed by atoms with Crippen molar-refractivity contribution < 1.29 is 19.4 Å². The van der Waals surface area contributed by atoms with Gasteiger partial charge in [-0.15, -0.1) is 11.8 Å². The zero-order valence-electron chi connectivity index (χ0n) is 13.3. The molecule has 130 valence electrons. The van der Waals surface area contributed by atoms with Crippen LogP contribution in [-0.2, 0) is 4.79 Å². The molecule has 3 rings (SSSR count). The van der Waals surface area contributed by atoms with Crippen molar-refractivity contribution >= 4 is 35.2 Å². The second-order valence-corrected chi connectivity index (χ2v) is 7.01. The SMILES string of the molecule is COc1cccc(C(=O)N2C(C(=O)[O-])CSC2c2ccccc2Cl)c1. The number of carbonyl (C=O) groups is 2. The number of hydrogen-bond donors (Lipinski definition) is 0. The first-order valence-corrected chi connectivity index (χ1v) is 8.99. The van der Waals surface area contributed by atoms with E-state index in [1.807, 2.05) is 6.07 Å². The van der Waals surface area contributed by atoms with Crippen LogP contribution < -0.4 is 9.84 Å². The number of methoxy groups -OCH3 is 1. The molecule has 1 fully saturated rings. The highest BCUT2D eigenvalue weighted by Gasteiger charge is 2.40. The summed E-state index contributed by atoms with van der Waals surface area (Å²) in [7, 11) is 1.51. The van der Waals surface area contributed by atoms with Gasteiger partial charge >= 0.3 is 0 Å². The number of hydrogen-bond acceptors (Lipinski definition) is 5. The van der Waals surface area contributed by atoms with Crippen molar-refractivity contribution in [2.75, 3.05) is 12.9 Å². The molecule has 1 aliphatic heterocycles. The number of nitrogens with zero attached hydrogens (tertiary/aromatic N) is 1. The Morgan fingerprint density at radius 3 is 2.68 bits per heavy atom. The fourth-order valence-corrected chi connectivity index (χ4v) is 4.51. The molecule has 0 spiro atoms. The lowest BCUT2D eigenvalue weighted by molar-refractivity contribution is -0.310. The molecule has 2 aromatic carbocycles. The Balaban J connectivity index is 2.01. The lowest BCUT2D eigenvalue weighted by Crippen LogP contribution is -2.49. The minimum Gasteiger partial charge on any atom is -0.548 e. The maximum atomic E-state index is 13.0. The minimum absolute atomic E-state index is 0.244. The maximum Gasteiger partial charge on any atom is 0.255 e. The summed E-state index contributed by atoms with van der Waals surface area (Å²) in [5.41, 5.74) is 1.05. The lowest BCUT2D eigenvalue weighted by Gasteiger charge is -2.30. The van der Waals surface area contributed by atoms with Gasteiger partial charge in [0.2, 0.25) is 0 Å². The fraction of sp³-hybridized carbons (Fsp3) is 0.222. The number of benzene rings is 2. The van der Waals surface area contributed by atoms with Gasteiger partial charge in [-0.3, -0.25) is 4.79 Å². The quantitative estimate of drug-likeness (QED) is 0.819. The van der Waals surface area contributed by atoms with Crippen molar-refractivity contribution in [2.45, 2.75) is 11.4 Å². The van der Waals surface area contributed by atoms with E-state index >= 15 is 0 Å². The highest BCUT2D eigenvalue weighted by Crippen LogP contribution is 2.44. The number of thioether (sulfide) groups is 1. The van der Waals surface area contributed by atoms with Crippen LogP contribution >= 0.6 is 23.4 Å². The summed E-state index contributed by atoms with van der Waals surface area (Å²) in [4.78, 5) is 25.9. The predicted octanol–water partition coefficient (Wildman–Crippen LogP) is 2.35. The van der Waals surface area contributed by atoms with Crippen LogP contribution in [0.15, 0.2) is 48.5 Å².